The van der Waals surface area contributed by atoms with Crippen LogP contribution in [0.2, 0.25) is 0 Å². The molecule has 6 heterocycles. The summed E-state index contributed by atoms with van der Waals surface area (Å²) in [6, 6.07) is 1.24. The van der Waals surface area contributed by atoms with Crippen molar-refractivity contribution in [1.29, 1.82) is 0 Å². The van der Waals surface area contributed by atoms with Crippen LogP contribution in [0.3, 0.4) is 0 Å². The van der Waals surface area contributed by atoms with Crippen molar-refractivity contribution in [2.45, 2.75) is 47.4 Å². The first-order valence-corrected chi connectivity index (χ1v) is 15.8. The standard InChI is InChI=1S/C21H25N8O9PS2/c22-17-12-18(25-7-24-17)29(8-26-12)20-15(34)14(33)10(41-20)6-36-39(35,40)38-16-13(32)9(5-30)37-19(16)28-3-1-11(31)27-4-2-23-21(27)28/h1-4,7-10,13-16,19-20,30,32-34H,5-6H2,(H,35,40)(H2,22,24,25)/t9-,10-,13-,14-,15-,16-,19-,20-,39?/m1/s1. The van der Waals surface area contributed by atoms with Crippen molar-refractivity contribution in [3.63, 3.8) is 0 Å². The van der Waals surface area contributed by atoms with Crippen molar-refractivity contribution >= 4 is 53.6 Å². The Bertz CT molecular complexity index is 1690. The Kier molecular flexibility index (Phi) is 7.60. The summed E-state index contributed by atoms with van der Waals surface area (Å²) < 4.78 is 34.4. The number of thiol groups is 1. The second kappa shape index (κ2) is 10.9. The Hall–Kier alpha value is -2.58. The van der Waals surface area contributed by atoms with E-state index in [9.17, 15) is 29.8 Å². The van der Waals surface area contributed by atoms with Gasteiger partial charge in [-0.15, -0.1) is 11.8 Å². The number of aromatic nitrogens is 7. The van der Waals surface area contributed by atoms with Gasteiger partial charge in [-0.3, -0.25) is 27.4 Å². The zero-order valence-corrected chi connectivity index (χ0v) is 23.4. The van der Waals surface area contributed by atoms with Gasteiger partial charge in [-0.25, -0.2) is 24.5 Å². The van der Waals surface area contributed by atoms with E-state index >= 15 is 0 Å². The summed E-state index contributed by atoms with van der Waals surface area (Å²) in [5.74, 6) is 0.316. The molecule has 2 saturated heterocycles. The number of hydrogen-bond acceptors (Lipinski definition) is 15. The van der Waals surface area contributed by atoms with Gasteiger partial charge in [-0.1, -0.05) is 12.2 Å². The van der Waals surface area contributed by atoms with Crippen molar-refractivity contribution in [3.05, 3.63) is 47.7 Å². The van der Waals surface area contributed by atoms with Crippen LogP contribution in [0.5, 0.6) is 0 Å². The van der Waals surface area contributed by atoms with Gasteiger partial charge in [0.2, 0.25) is 5.78 Å². The summed E-state index contributed by atoms with van der Waals surface area (Å²) in [5, 5.41) is 40.5. The minimum atomic E-state index is -4.25. The molecule has 2 aliphatic heterocycles. The number of hydrogen-bond donors (Lipinski definition) is 6. The molecule has 41 heavy (non-hydrogen) atoms. The van der Waals surface area contributed by atoms with Gasteiger partial charge < -0.3 is 30.9 Å². The van der Waals surface area contributed by atoms with Crippen molar-refractivity contribution in [3.8, 4) is 0 Å². The Morgan fingerprint density at radius 2 is 1.93 bits per heavy atom. The Balaban J connectivity index is 1.18. The smallest absolute Gasteiger partial charge is 0.386 e. The molecule has 17 nitrogen and oxygen atoms in total. The molecule has 20 heteroatoms. The molecule has 6 rings (SSSR count). The fourth-order valence-corrected chi connectivity index (χ4v) is 7.87. The van der Waals surface area contributed by atoms with Crippen LogP contribution in [-0.2, 0) is 18.3 Å². The number of nitrogens with two attached hydrogens (primary N) is 1. The molecule has 0 bridgehead atoms. The van der Waals surface area contributed by atoms with Crippen LogP contribution in [0.1, 0.15) is 11.6 Å². The molecule has 9 atom stereocenters. The lowest BCUT2D eigenvalue weighted by atomic mass is 10.1. The molecule has 2 aliphatic rings. The first kappa shape index (κ1) is 28.5. The number of ether oxygens (including phenoxy) is 1. The van der Waals surface area contributed by atoms with E-state index in [-0.39, 0.29) is 23.8 Å². The molecule has 0 saturated carbocycles. The molecule has 0 radical (unpaired) electrons. The molecule has 4 aromatic heterocycles. The second-order valence-corrected chi connectivity index (χ2v) is 13.6. The van der Waals surface area contributed by atoms with Gasteiger partial charge >= 0.3 is 6.80 Å². The highest BCUT2D eigenvalue weighted by Crippen LogP contribution is 2.57. The number of fused-ring (bicyclic) bond motifs is 2. The van der Waals surface area contributed by atoms with Crippen molar-refractivity contribution in [2.75, 3.05) is 18.9 Å². The van der Waals surface area contributed by atoms with Crippen LogP contribution < -0.4 is 11.3 Å². The van der Waals surface area contributed by atoms with E-state index in [1.165, 1.54) is 46.3 Å². The van der Waals surface area contributed by atoms with Gasteiger partial charge in [0.05, 0.1) is 30.9 Å². The summed E-state index contributed by atoms with van der Waals surface area (Å²) in [6.07, 6.45) is -0.773. The number of anilines is 1. The van der Waals surface area contributed by atoms with E-state index in [0.29, 0.717) is 11.2 Å². The van der Waals surface area contributed by atoms with Crippen molar-refractivity contribution < 1.29 is 38.8 Å². The summed E-state index contributed by atoms with van der Waals surface area (Å²) in [7, 11) is 0. The molecule has 1 unspecified atom stereocenters. The van der Waals surface area contributed by atoms with E-state index < -0.39 is 60.8 Å². The zero-order chi connectivity index (χ0) is 29.1. The highest BCUT2D eigenvalue weighted by atomic mass is 32.7. The van der Waals surface area contributed by atoms with Gasteiger partial charge in [0, 0.05) is 24.7 Å². The fraction of sp³-hybridized carbons (Fsp3) is 0.476. The Morgan fingerprint density at radius 1 is 1.12 bits per heavy atom. The van der Waals surface area contributed by atoms with Crippen LogP contribution in [0, 0.1) is 0 Å². The van der Waals surface area contributed by atoms with Crippen LogP contribution in [0.25, 0.3) is 16.9 Å². The predicted molar refractivity (Wildman–Crippen MR) is 146 cm³/mol. The topological polar surface area (TPSA) is 235 Å². The lowest BCUT2D eigenvalue weighted by molar-refractivity contribution is -0.0498. The molecular weight excluding hydrogens is 603 g/mol. The average molecular weight is 629 g/mol. The van der Waals surface area contributed by atoms with E-state index in [1.807, 2.05) is 0 Å². The van der Waals surface area contributed by atoms with E-state index in [1.54, 1.807) is 4.57 Å². The van der Waals surface area contributed by atoms with E-state index in [2.05, 4.69) is 32.2 Å². The number of imidazole rings is 2. The number of nitrogens with zero attached hydrogens (tertiary/aromatic N) is 7. The number of aliphatic hydroxyl groups excluding tert-OH is 4. The summed E-state index contributed by atoms with van der Waals surface area (Å²) in [4.78, 5) is 28.5. The third-order valence-electron chi connectivity index (χ3n) is 6.89. The lowest BCUT2D eigenvalue weighted by Gasteiger charge is -2.26. The minimum absolute atomic E-state index is 0.154. The van der Waals surface area contributed by atoms with E-state index in [4.69, 9.17) is 19.5 Å². The number of thioether (sulfide) groups is 1. The van der Waals surface area contributed by atoms with Crippen LogP contribution in [0.4, 0.5) is 5.82 Å². The van der Waals surface area contributed by atoms with Crippen LogP contribution in [-0.4, -0.2) is 103 Å². The minimum Gasteiger partial charge on any atom is -0.394 e. The molecule has 0 aliphatic carbocycles. The average Bonchev–Trinajstić information content (AvgIpc) is 3.72. The fourth-order valence-electron chi connectivity index (χ4n) is 4.86. The maximum absolute atomic E-state index is 13.3. The highest BCUT2D eigenvalue weighted by Gasteiger charge is 2.49. The quantitative estimate of drug-likeness (QED) is 0.101. The van der Waals surface area contributed by atoms with Gasteiger partial charge in [-0.2, -0.15) is 0 Å². The first-order chi connectivity index (χ1) is 19.6. The SMILES string of the molecule is Nc1ncnc2c1ncn2[C@@H]1S[C@H](COP(=O)(S)O[C@@H]2[C@H](O)[C@@H](CO)O[C@H]2n2ccc(=O)n3ccnc23)[C@@H](O)[C@H]1O. The summed E-state index contributed by atoms with van der Waals surface area (Å²) in [6.45, 7) is -5.18. The Labute approximate surface area is 239 Å². The van der Waals surface area contributed by atoms with Gasteiger partial charge in [0.15, 0.2) is 17.7 Å². The predicted octanol–water partition coefficient (Wildman–Crippen LogP) is -1.06. The van der Waals surface area contributed by atoms with Crippen LogP contribution in [0.15, 0.2) is 42.1 Å². The molecule has 4 aromatic rings. The first-order valence-electron chi connectivity index (χ1n) is 12.2. The van der Waals surface area contributed by atoms with Crippen molar-refractivity contribution in [2.24, 2.45) is 0 Å². The maximum Gasteiger partial charge on any atom is 0.386 e. The molecule has 0 aromatic carbocycles. The normalized spacial score (nSPS) is 31.7. The van der Waals surface area contributed by atoms with Gasteiger partial charge in [0.1, 0.15) is 41.6 Å². The maximum atomic E-state index is 13.3. The molecule has 220 valence electrons. The highest BCUT2D eigenvalue weighted by molar-refractivity contribution is 8.44. The van der Waals surface area contributed by atoms with Crippen molar-refractivity contribution in [1.82, 2.24) is 33.5 Å². The molecular formula is C21H25N8O9PS2. The number of aliphatic hydroxyl groups is 4. The van der Waals surface area contributed by atoms with Gasteiger partial charge in [0.25, 0.3) is 5.56 Å². The summed E-state index contributed by atoms with van der Waals surface area (Å²) >= 11 is 5.19. The molecule has 0 amide bonds. The molecule has 0 spiro atoms. The molecule has 2 fully saturated rings. The number of rotatable bonds is 8. The third-order valence-corrected chi connectivity index (χ3v) is 10.1. The monoisotopic (exact) mass is 628 g/mol. The van der Waals surface area contributed by atoms with Gasteiger partial charge in [-0.05, 0) is 0 Å². The van der Waals surface area contributed by atoms with E-state index in [0.717, 1.165) is 11.8 Å². The lowest BCUT2D eigenvalue weighted by Crippen LogP contribution is -2.35. The van der Waals surface area contributed by atoms with Crippen LogP contribution >= 0.6 is 30.8 Å². The zero-order valence-electron chi connectivity index (χ0n) is 20.8. The summed E-state index contributed by atoms with van der Waals surface area (Å²) in [5.41, 5.74) is 6.18. The number of nitrogen functional groups attached to an aromatic ring is 1. The second-order valence-electron chi connectivity index (χ2n) is 9.36. The largest absolute Gasteiger partial charge is 0.394 e. The molecule has 6 N–H and O–H groups in total. The Morgan fingerprint density at radius 3 is 2.71 bits per heavy atom. The third kappa shape index (κ3) is 5.05.